The van der Waals surface area contributed by atoms with Crippen molar-refractivity contribution in [2.24, 2.45) is 0 Å². The van der Waals surface area contributed by atoms with Crippen LogP contribution in [0.3, 0.4) is 0 Å². The van der Waals surface area contributed by atoms with E-state index in [1.165, 1.54) is 7.11 Å². The van der Waals surface area contributed by atoms with E-state index in [0.29, 0.717) is 5.02 Å². The fraction of sp³-hybridized carbons (Fsp3) is 0.533. The molecule has 114 valence electrons. The van der Waals surface area contributed by atoms with Gasteiger partial charge in [0, 0.05) is 5.02 Å². The number of hydrogen-bond donors (Lipinski definition) is 0. The number of methoxy groups -OCH3 is 1. The van der Waals surface area contributed by atoms with Crippen LogP contribution in [-0.4, -0.2) is 31.4 Å². The summed E-state index contributed by atoms with van der Waals surface area (Å²) in [5, 5.41) is 0.543. The van der Waals surface area contributed by atoms with Crippen molar-refractivity contribution in [2.75, 3.05) is 7.11 Å². The highest BCUT2D eigenvalue weighted by Gasteiger charge is 2.51. The van der Waals surface area contributed by atoms with Gasteiger partial charge >= 0.3 is 13.1 Å². The van der Waals surface area contributed by atoms with E-state index in [1.54, 1.807) is 12.1 Å². The smallest absolute Gasteiger partial charge is 0.469 e. The minimum atomic E-state index is -0.495. The van der Waals surface area contributed by atoms with Gasteiger partial charge in [0.2, 0.25) is 0 Å². The van der Waals surface area contributed by atoms with Crippen LogP contribution in [0.2, 0.25) is 5.02 Å². The van der Waals surface area contributed by atoms with Gasteiger partial charge in [-0.15, -0.1) is 0 Å². The van der Waals surface area contributed by atoms with Gasteiger partial charge in [0.15, 0.2) is 0 Å². The summed E-state index contributed by atoms with van der Waals surface area (Å²) in [5.74, 6) is -0.308. The average Bonchev–Trinajstić information content (AvgIpc) is 2.57. The summed E-state index contributed by atoms with van der Waals surface area (Å²) in [7, 11) is 0.868. The normalized spacial score (nSPS) is 19.6. The first-order valence-electron chi connectivity index (χ1n) is 6.86. The molecule has 1 saturated heterocycles. The van der Waals surface area contributed by atoms with Crippen LogP contribution >= 0.6 is 11.6 Å². The highest BCUT2D eigenvalue weighted by atomic mass is 35.5. The first kappa shape index (κ1) is 16.3. The second-order valence-electron chi connectivity index (χ2n) is 6.23. The van der Waals surface area contributed by atoms with Gasteiger partial charge in [-0.25, -0.2) is 0 Å². The Balaban J connectivity index is 2.27. The second-order valence-corrected chi connectivity index (χ2v) is 6.67. The summed E-state index contributed by atoms with van der Waals surface area (Å²) in [6.07, 6.45) is 0.170. The molecule has 2 rings (SSSR count). The summed E-state index contributed by atoms with van der Waals surface area (Å²) >= 11 is 6.13. The Morgan fingerprint density at radius 2 is 1.76 bits per heavy atom. The molecule has 0 bridgehead atoms. The fourth-order valence-electron chi connectivity index (χ4n) is 2.13. The summed E-state index contributed by atoms with van der Waals surface area (Å²) in [4.78, 5) is 11.4. The third-order valence-corrected chi connectivity index (χ3v) is 4.30. The molecule has 0 N–H and O–H groups in total. The summed E-state index contributed by atoms with van der Waals surface area (Å²) in [5.41, 5.74) is 0.754. The van der Waals surface area contributed by atoms with E-state index in [4.69, 9.17) is 20.9 Å². The monoisotopic (exact) mass is 310 g/mol. The molecular weight excluding hydrogens is 290 g/mol. The molecule has 0 aliphatic carbocycles. The van der Waals surface area contributed by atoms with Crippen LogP contribution in [0.4, 0.5) is 0 Å². The highest BCUT2D eigenvalue weighted by Crippen LogP contribution is 2.36. The molecule has 0 unspecified atom stereocenters. The standard InChI is InChI=1S/C15H20BClO4/c1-14(2)15(3,4)21-16(20-14)11-6-10(7-12(17)9-11)8-13(18)19-5/h6-7,9H,8H2,1-5H3. The maximum atomic E-state index is 11.4. The van der Waals surface area contributed by atoms with Gasteiger partial charge in [-0.05, 0) is 50.9 Å². The summed E-state index contributed by atoms with van der Waals surface area (Å²) in [6.45, 7) is 7.97. The van der Waals surface area contributed by atoms with E-state index >= 15 is 0 Å². The Labute approximate surface area is 130 Å². The molecule has 21 heavy (non-hydrogen) atoms. The lowest BCUT2D eigenvalue weighted by atomic mass is 9.78. The van der Waals surface area contributed by atoms with Crippen molar-refractivity contribution in [3.05, 3.63) is 28.8 Å². The third-order valence-electron chi connectivity index (χ3n) is 4.08. The molecule has 0 spiro atoms. The average molecular weight is 311 g/mol. The molecule has 0 saturated carbocycles. The van der Waals surface area contributed by atoms with Gasteiger partial charge in [-0.1, -0.05) is 17.7 Å². The largest absolute Gasteiger partial charge is 0.494 e. The number of halogens is 1. The number of ether oxygens (including phenoxy) is 1. The van der Waals surface area contributed by atoms with Crippen LogP contribution in [-0.2, 0) is 25.3 Å². The van der Waals surface area contributed by atoms with Crippen LogP contribution in [0.1, 0.15) is 33.3 Å². The van der Waals surface area contributed by atoms with E-state index in [0.717, 1.165) is 11.0 Å². The lowest BCUT2D eigenvalue weighted by molar-refractivity contribution is -0.139. The Hall–Kier alpha value is -1.04. The Morgan fingerprint density at radius 3 is 2.29 bits per heavy atom. The van der Waals surface area contributed by atoms with Crippen LogP contribution in [0.25, 0.3) is 0 Å². The van der Waals surface area contributed by atoms with Crippen LogP contribution in [0, 0.1) is 0 Å². The molecule has 0 aromatic heterocycles. The molecular formula is C15H20BClO4. The van der Waals surface area contributed by atoms with Gasteiger partial charge in [-0.2, -0.15) is 0 Å². The van der Waals surface area contributed by atoms with Crippen molar-refractivity contribution < 1.29 is 18.8 Å². The lowest BCUT2D eigenvalue weighted by Gasteiger charge is -2.32. The maximum Gasteiger partial charge on any atom is 0.494 e. The first-order valence-corrected chi connectivity index (χ1v) is 7.24. The molecule has 4 nitrogen and oxygen atoms in total. The van der Waals surface area contributed by atoms with Crippen molar-refractivity contribution >= 4 is 30.2 Å². The SMILES string of the molecule is COC(=O)Cc1cc(Cl)cc(B2OC(C)(C)C(C)(C)O2)c1. The maximum absolute atomic E-state index is 11.4. The number of benzene rings is 1. The minimum absolute atomic E-state index is 0.170. The molecule has 0 radical (unpaired) electrons. The van der Waals surface area contributed by atoms with Gasteiger partial charge in [0.05, 0.1) is 24.7 Å². The molecule has 1 aliphatic heterocycles. The van der Waals surface area contributed by atoms with Gasteiger partial charge < -0.3 is 14.0 Å². The van der Waals surface area contributed by atoms with Crippen molar-refractivity contribution in [3.63, 3.8) is 0 Å². The molecule has 1 heterocycles. The van der Waals surface area contributed by atoms with Crippen molar-refractivity contribution in [2.45, 2.75) is 45.3 Å². The summed E-state index contributed by atoms with van der Waals surface area (Å²) in [6, 6.07) is 5.41. The Kier molecular flexibility index (Phi) is 4.38. The highest BCUT2D eigenvalue weighted by molar-refractivity contribution is 6.62. The van der Waals surface area contributed by atoms with Crippen LogP contribution in [0.5, 0.6) is 0 Å². The van der Waals surface area contributed by atoms with E-state index in [-0.39, 0.29) is 12.4 Å². The molecule has 1 aromatic carbocycles. The van der Waals surface area contributed by atoms with Crippen LogP contribution in [0.15, 0.2) is 18.2 Å². The molecule has 1 aromatic rings. The van der Waals surface area contributed by atoms with Crippen molar-refractivity contribution in [3.8, 4) is 0 Å². The number of esters is 1. The van der Waals surface area contributed by atoms with Crippen molar-refractivity contribution in [1.29, 1.82) is 0 Å². The molecule has 0 amide bonds. The van der Waals surface area contributed by atoms with E-state index in [9.17, 15) is 4.79 Å². The predicted octanol–water partition coefficient (Wildman–Crippen LogP) is 2.35. The number of carbonyl (C=O) groups excluding carboxylic acids is 1. The van der Waals surface area contributed by atoms with Crippen LogP contribution < -0.4 is 5.46 Å². The minimum Gasteiger partial charge on any atom is -0.469 e. The quantitative estimate of drug-likeness (QED) is 0.635. The zero-order valence-electron chi connectivity index (χ0n) is 13.0. The van der Waals surface area contributed by atoms with Gasteiger partial charge in [0.25, 0.3) is 0 Å². The van der Waals surface area contributed by atoms with Crippen molar-refractivity contribution in [1.82, 2.24) is 0 Å². The fourth-order valence-corrected chi connectivity index (χ4v) is 2.40. The van der Waals surface area contributed by atoms with E-state index in [2.05, 4.69) is 4.74 Å². The molecule has 1 aliphatic rings. The molecule has 1 fully saturated rings. The summed E-state index contributed by atoms with van der Waals surface area (Å²) < 4.78 is 16.7. The molecule has 0 atom stereocenters. The topological polar surface area (TPSA) is 44.8 Å². The Morgan fingerprint density at radius 1 is 1.19 bits per heavy atom. The predicted molar refractivity (Wildman–Crippen MR) is 82.9 cm³/mol. The zero-order chi connectivity index (χ0) is 15.8. The van der Waals surface area contributed by atoms with E-state index < -0.39 is 18.3 Å². The van der Waals surface area contributed by atoms with Gasteiger partial charge in [0.1, 0.15) is 0 Å². The van der Waals surface area contributed by atoms with E-state index in [1.807, 2.05) is 33.8 Å². The number of hydrogen-bond acceptors (Lipinski definition) is 4. The molecule has 6 heteroatoms. The van der Waals surface area contributed by atoms with Gasteiger partial charge in [-0.3, -0.25) is 4.79 Å². The Bertz CT molecular complexity index is 541. The zero-order valence-corrected chi connectivity index (χ0v) is 13.8. The lowest BCUT2D eigenvalue weighted by Crippen LogP contribution is -2.41. The second kappa shape index (κ2) is 5.63. The number of carbonyl (C=O) groups is 1. The number of rotatable bonds is 3. The third kappa shape index (κ3) is 3.42. The first-order chi connectivity index (χ1) is 9.64.